The fourth-order valence-corrected chi connectivity index (χ4v) is 4.08. The van der Waals surface area contributed by atoms with Gasteiger partial charge in [-0.2, -0.15) is 0 Å². The lowest BCUT2D eigenvalue weighted by molar-refractivity contribution is 0.102. The number of nitrogens with one attached hydrogen (secondary N) is 1. The molecule has 6 nitrogen and oxygen atoms in total. The molecule has 0 aliphatic heterocycles. The van der Waals surface area contributed by atoms with Crippen LogP contribution in [-0.4, -0.2) is 32.2 Å². The number of hydrogen-bond donors (Lipinski definition) is 1. The Labute approximate surface area is 168 Å². The van der Waals surface area contributed by atoms with Crippen LogP contribution >= 0.6 is 11.3 Å². The molecule has 1 heterocycles. The molecule has 0 saturated heterocycles. The first-order valence-electron chi connectivity index (χ1n) is 8.60. The summed E-state index contributed by atoms with van der Waals surface area (Å²) in [6, 6.07) is 13.5. The summed E-state index contributed by atoms with van der Waals surface area (Å²) in [6.07, 6.45) is 1.13. The third-order valence-electron chi connectivity index (χ3n) is 4.00. The Hall–Kier alpha value is -2.71. The van der Waals surface area contributed by atoms with Gasteiger partial charge in [0.15, 0.2) is 15.0 Å². The number of anilines is 1. The van der Waals surface area contributed by atoms with Gasteiger partial charge < -0.3 is 4.74 Å². The van der Waals surface area contributed by atoms with Gasteiger partial charge in [-0.25, -0.2) is 13.4 Å². The molecule has 0 spiro atoms. The number of benzene rings is 2. The number of nitrogens with zero attached hydrogens (tertiary/aromatic N) is 1. The van der Waals surface area contributed by atoms with Crippen LogP contribution in [0.15, 0.2) is 53.4 Å². The Kier molecular flexibility index (Phi) is 5.81. The molecule has 0 atom stereocenters. The molecule has 1 amide bonds. The number of hydrogen-bond acceptors (Lipinski definition) is 6. The average molecular weight is 417 g/mol. The number of aryl methyl sites for hydroxylation is 1. The molecule has 0 saturated carbocycles. The summed E-state index contributed by atoms with van der Waals surface area (Å²) in [4.78, 5) is 18.1. The van der Waals surface area contributed by atoms with Crippen molar-refractivity contribution in [3.63, 3.8) is 0 Å². The summed E-state index contributed by atoms with van der Waals surface area (Å²) in [5, 5.41) is 3.26. The first-order chi connectivity index (χ1) is 13.3. The first kappa shape index (κ1) is 20.0. The largest absolute Gasteiger partial charge is 0.494 e. The van der Waals surface area contributed by atoms with Crippen molar-refractivity contribution in [1.29, 1.82) is 0 Å². The van der Waals surface area contributed by atoms with Crippen molar-refractivity contribution < 1.29 is 17.9 Å². The maximum atomic E-state index is 12.4. The van der Waals surface area contributed by atoms with Crippen LogP contribution in [0.4, 0.5) is 5.13 Å². The number of amides is 1. The van der Waals surface area contributed by atoms with E-state index in [-0.39, 0.29) is 10.8 Å². The second-order valence-electron chi connectivity index (χ2n) is 6.13. The molecule has 0 unspecified atom stereocenters. The SMILES string of the molecule is CCOc1ccc(-c2nc(NC(=O)c3ccc(S(C)(=O)=O)cc3)sc2C)cc1. The van der Waals surface area contributed by atoms with Gasteiger partial charge in [-0.15, -0.1) is 11.3 Å². The summed E-state index contributed by atoms with van der Waals surface area (Å²) >= 11 is 1.38. The van der Waals surface area contributed by atoms with E-state index >= 15 is 0 Å². The van der Waals surface area contributed by atoms with Gasteiger partial charge >= 0.3 is 0 Å². The number of ether oxygens (including phenoxy) is 1. The standard InChI is InChI=1S/C20H20N2O4S2/c1-4-26-16-9-5-14(6-10-16)18-13(2)27-20(21-18)22-19(23)15-7-11-17(12-8-15)28(3,24)25/h5-12H,4H2,1-3H3,(H,21,22,23). The topological polar surface area (TPSA) is 85.4 Å². The van der Waals surface area contributed by atoms with Crippen molar-refractivity contribution in [1.82, 2.24) is 4.98 Å². The van der Waals surface area contributed by atoms with E-state index in [0.29, 0.717) is 17.3 Å². The molecule has 8 heteroatoms. The Morgan fingerprint density at radius 3 is 2.32 bits per heavy atom. The molecule has 1 N–H and O–H groups in total. The smallest absolute Gasteiger partial charge is 0.257 e. The predicted molar refractivity (Wildman–Crippen MR) is 111 cm³/mol. The molecule has 0 radical (unpaired) electrons. The maximum Gasteiger partial charge on any atom is 0.257 e. The fraction of sp³-hybridized carbons (Fsp3) is 0.200. The van der Waals surface area contributed by atoms with Crippen LogP contribution in [-0.2, 0) is 9.84 Å². The number of thiazole rings is 1. The van der Waals surface area contributed by atoms with Crippen LogP contribution in [0, 0.1) is 6.92 Å². The van der Waals surface area contributed by atoms with E-state index in [1.807, 2.05) is 38.1 Å². The highest BCUT2D eigenvalue weighted by atomic mass is 32.2. The molecule has 3 aromatic rings. The van der Waals surface area contributed by atoms with E-state index < -0.39 is 9.84 Å². The average Bonchev–Trinajstić information content (AvgIpc) is 3.02. The summed E-state index contributed by atoms with van der Waals surface area (Å²) in [7, 11) is -3.29. The van der Waals surface area contributed by atoms with E-state index in [4.69, 9.17) is 4.74 Å². The highest BCUT2D eigenvalue weighted by molar-refractivity contribution is 7.90. The van der Waals surface area contributed by atoms with Gasteiger partial charge in [-0.3, -0.25) is 10.1 Å². The molecule has 1 aromatic heterocycles. The lowest BCUT2D eigenvalue weighted by Gasteiger charge is -2.04. The van der Waals surface area contributed by atoms with Gasteiger partial charge in [0.2, 0.25) is 0 Å². The number of rotatable bonds is 6. The van der Waals surface area contributed by atoms with Gasteiger partial charge in [0.25, 0.3) is 5.91 Å². The Balaban J connectivity index is 1.76. The molecule has 146 valence electrons. The number of sulfone groups is 1. The Morgan fingerprint density at radius 1 is 1.11 bits per heavy atom. The lowest BCUT2D eigenvalue weighted by Crippen LogP contribution is -2.11. The highest BCUT2D eigenvalue weighted by Gasteiger charge is 2.14. The van der Waals surface area contributed by atoms with Crippen LogP contribution in [0.2, 0.25) is 0 Å². The van der Waals surface area contributed by atoms with Crippen LogP contribution in [0.1, 0.15) is 22.2 Å². The van der Waals surface area contributed by atoms with Gasteiger partial charge in [0.1, 0.15) is 5.75 Å². The van der Waals surface area contributed by atoms with Gasteiger partial charge in [-0.1, -0.05) is 0 Å². The second kappa shape index (κ2) is 8.12. The van der Waals surface area contributed by atoms with Crippen LogP contribution < -0.4 is 10.1 Å². The van der Waals surface area contributed by atoms with Crippen molar-refractivity contribution >= 4 is 32.2 Å². The van der Waals surface area contributed by atoms with E-state index in [2.05, 4.69) is 10.3 Å². The quantitative estimate of drug-likeness (QED) is 0.652. The third-order valence-corrected chi connectivity index (χ3v) is 6.02. The third kappa shape index (κ3) is 4.58. The number of carbonyl (C=O) groups is 1. The van der Waals surface area contributed by atoms with Gasteiger partial charge in [0.05, 0.1) is 17.2 Å². The molecule has 2 aromatic carbocycles. The molecular formula is C20H20N2O4S2. The zero-order chi connectivity index (χ0) is 20.3. The Bertz CT molecular complexity index is 1090. The van der Waals surface area contributed by atoms with Crippen LogP contribution in [0.25, 0.3) is 11.3 Å². The summed E-state index contributed by atoms with van der Waals surface area (Å²) in [6.45, 7) is 4.48. The first-order valence-corrected chi connectivity index (χ1v) is 11.3. The second-order valence-corrected chi connectivity index (χ2v) is 9.35. The Morgan fingerprint density at radius 2 is 1.75 bits per heavy atom. The summed E-state index contributed by atoms with van der Waals surface area (Å²) in [5.74, 6) is 0.456. The molecule has 0 bridgehead atoms. The molecule has 0 aliphatic carbocycles. The van der Waals surface area contributed by atoms with E-state index in [1.54, 1.807) is 0 Å². The zero-order valence-corrected chi connectivity index (χ0v) is 17.4. The summed E-state index contributed by atoms with van der Waals surface area (Å²) < 4.78 is 28.5. The fourth-order valence-electron chi connectivity index (χ4n) is 2.62. The van der Waals surface area contributed by atoms with E-state index in [9.17, 15) is 13.2 Å². The van der Waals surface area contributed by atoms with Gasteiger partial charge in [0, 0.05) is 22.3 Å². The normalized spacial score (nSPS) is 11.2. The van der Waals surface area contributed by atoms with Crippen molar-refractivity contribution in [3.8, 4) is 17.0 Å². The maximum absolute atomic E-state index is 12.4. The molecule has 0 aliphatic rings. The van der Waals surface area contributed by atoms with Crippen LogP contribution in [0.3, 0.4) is 0 Å². The van der Waals surface area contributed by atoms with Crippen molar-refractivity contribution in [2.24, 2.45) is 0 Å². The van der Waals surface area contributed by atoms with Gasteiger partial charge in [-0.05, 0) is 62.4 Å². The molecular weight excluding hydrogens is 396 g/mol. The van der Waals surface area contributed by atoms with Crippen LogP contribution in [0.5, 0.6) is 5.75 Å². The highest BCUT2D eigenvalue weighted by Crippen LogP contribution is 2.31. The summed E-state index contributed by atoms with van der Waals surface area (Å²) in [5.41, 5.74) is 2.11. The molecule has 0 fully saturated rings. The molecule has 28 heavy (non-hydrogen) atoms. The monoisotopic (exact) mass is 416 g/mol. The van der Waals surface area contributed by atoms with Crippen molar-refractivity contribution in [2.45, 2.75) is 18.7 Å². The zero-order valence-electron chi connectivity index (χ0n) is 15.7. The molecule has 3 rings (SSSR count). The minimum atomic E-state index is -3.29. The minimum Gasteiger partial charge on any atom is -0.494 e. The number of carbonyl (C=O) groups excluding carboxylic acids is 1. The van der Waals surface area contributed by atoms with E-state index in [0.717, 1.165) is 28.1 Å². The van der Waals surface area contributed by atoms with Crippen molar-refractivity contribution in [2.75, 3.05) is 18.2 Å². The van der Waals surface area contributed by atoms with Crippen molar-refractivity contribution in [3.05, 3.63) is 59.0 Å². The predicted octanol–water partition coefficient (Wildman–Crippen LogP) is 4.17. The lowest BCUT2D eigenvalue weighted by atomic mass is 10.1. The number of aromatic nitrogens is 1. The minimum absolute atomic E-state index is 0.173. The van der Waals surface area contributed by atoms with E-state index in [1.165, 1.54) is 35.6 Å².